The van der Waals surface area contributed by atoms with Crippen LogP contribution in [0.15, 0.2) is 47.4 Å². The summed E-state index contributed by atoms with van der Waals surface area (Å²) < 4.78 is 32.4. The van der Waals surface area contributed by atoms with Crippen LogP contribution in [0.25, 0.3) is 0 Å². The van der Waals surface area contributed by atoms with Crippen molar-refractivity contribution in [3.63, 3.8) is 0 Å². The smallest absolute Gasteiger partial charge is 0.243 e. The average Bonchev–Trinajstić information content (AvgIpc) is 3.22. The Bertz CT molecular complexity index is 1170. The molecule has 34 heavy (non-hydrogen) atoms. The number of nitrogens with one attached hydrogen (secondary N) is 1. The van der Waals surface area contributed by atoms with E-state index in [9.17, 15) is 18.0 Å². The van der Waals surface area contributed by atoms with Crippen molar-refractivity contribution in [2.45, 2.75) is 44.0 Å². The molecule has 2 amide bonds. The average molecular weight is 486 g/mol. The molecular weight excluding hydrogens is 454 g/mol. The Labute approximate surface area is 200 Å². The third-order valence-corrected chi connectivity index (χ3v) is 8.77. The van der Waals surface area contributed by atoms with Crippen LogP contribution in [0.2, 0.25) is 0 Å². The van der Waals surface area contributed by atoms with Crippen LogP contribution in [0.1, 0.15) is 30.4 Å². The molecule has 182 valence electrons. The topological polar surface area (TPSA) is 96.0 Å². The van der Waals surface area contributed by atoms with E-state index in [0.29, 0.717) is 38.2 Å². The van der Waals surface area contributed by atoms with Crippen molar-refractivity contribution in [1.82, 2.24) is 9.62 Å². The van der Waals surface area contributed by atoms with Crippen LogP contribution in [0.5, 0.6) is 5.75 Å². The zero-order valence-corrected chi connectivity index (χ0v) is 20.6. The molecule has 9 heteroatoms. The van der Waals surface area contributed by atoms with Gasteiger partial charge >= 0.3 is 0 Å². The number of nitrogens with zero attached hydrogens (tertiary/aromatic N) is 2. The van der Waals surface area contributed by atoms with E-state index in [2.05, 4.69) is 5.32 Å². The SMILES string of the molecule is COc1ccc(S(=O)(=O)N2CCC(NC(=O)C3CC(=O)N(c4cccc(C)c4C)C3)CC2)cc1. The van der Waals surface area contributed by atoms with Crippen molar-refractivity contribution in [1.29, 1.82) is 0 Å². The van der Waals surface area contributed by atoms with E-state index >= 15 is 0 Å². The quantitative estimate of drug-likeness (QED) is 0.679. The Morgan fingerprint density at radius 3 is 2.38 bits per heavy atom. The summed E-state index contributed by atoms with van der Waals surface area (Å²) in [6, 6.07) is 12.1. The normalized spacial score (nSPS) is 19.9. The highest BCUT2D eigenvalue weighted by molar-refractivity contribution is 7.89. The summed E-state index contributed by atoms with van der Waals surface area (Å²) in [6.45, 7) is 5.01. The zero-order chi connectivity index (χ0) is 24.5. The Morgan fingerprint density at radius 2 is 1.74 bits per heavy atom. The number of carbonyl (C=O) groups is 2. The number of benzene rings is 2. The molecule has 0 bridgehead atoms. The molecule has 2 heterocycles. The number of aryl methyl sites for hydroxylation is 1. The molecule has 2 fully saturated rings. The van der Waals surface area contributed by atoms with E-state index in [1.807, 2.05) is 32.0 Å². The van der Waals surface area contributed by atoms with Gasteiger partial charge in [-0.1, -0.05) is 12.1 Å². The lowest BCUT2D eigenvalue weighted by Crippen LogP contribution is -2.48. The van der Waals surface area contributed by atoms with Gasteiger partial charge < -0.3 is 15.0 Å². The van der Waals surface area contributed by atoms with E-state index in [1.165, 1.54) is 11.4 Å². The highest BCUT2D eigenvalue weighted by atomic mass is 32.2. The minimum absolute atomic E-state index is 0.0470. The number of hydrogen-bond acceptors (Lipinski definition) is 5. The van der Waals surface area contributed by atoms with Crippen molar-refractivity contribution < 1.29 is 22.7 Å². The number of piperidine rings is 1. The summed E-state index contributed by atoms with van der Waals surface area (Å²) in [7, 11) is -2.06. The highest BCUT2D eigenvalue weighted by Gasteiger charge is 2.37. The molecule has 2 aromatic rings. The molecule has 2 aliphatic rings. The van der Waals surface area contributed by atoms with Crippen molar-refractivity contribution in [3.05, 3.63) is 53.6 Å². The summed E-state index contributed by atoms with van der Waals surface area (Å²) in [5, 5.41) is 3.05. The number of anilines is 1. The number of sulfonamides is 1. The van der Waals surface area contributed by atoms with Gasteiger partial charge in [-0.15, -0.1) is 0 Å². The Balaban J connectivity index is 1.33. The van der Waals surface area contributed by atoms with Gasteiger partial charge in [-0.2, -0.15) is 4.31 Å². The lowest BCUT2D eigenvalue weighted by atomic mass is 10.0. The van der Waals surface area contributed by atoms with Crippen LogP contribution in [-0.2, 0) is 19.6 Å². The summed E-state index contributed by atoms with van der Waals surface area (Å²) in [6.07, 6.45) is 1.24. The summed E-state index contributed by atoms with van der Waals surface area (Å²) >= 11 is 0. The fourth-order valence-electron chi connectivity index (χ4n) is 4.60. The standard InChI is InChI=1S/C25H31N3O5S/c1-17-5-4-6-23(18(17)2)28-16-19(15-24(28)29)25(30)26-20-11-13-27(14-12-20)34(31,32)22-9-7-21(33-3)8-10-22/h4-10,19-20H,11-16H2,1-3H3,(H,26,30). The number of rotatable bonds is 6. The summed E-state index contributed by atoms with van der Waals surface area (Å²) in [5.41, 5.74) is 3.01. The van der Waals surface area contributed by atoms with Crippen molar-refractivity contribution in [2.75, 3.05) is 31.6 Å². The first-order valence-corrected chi connectivity index (χ1v) is 13.0. The second-order valence-electron chi connectivity index (χ2n) is 8.99. The van der Waals surface area contributed by atoms with Gasteiger partial charge in [0.2, 0.25) is 21.8 Å². The largest absolute Gasteiger partial charge is 0.497 e. The molecule has 8 nitrogen and oxygen atoms in total. The van der Waals surface area contributed by atoms with E-state index in [-0.39, 0.29) is 29.2 Å². The third kappa shape index (κ3) is 4.81. The second-order valence-corrected chi connectivity index (χ2v) is 10.9. The van der Waals surface area contributed by atoms with Crippen LogP contribution in [0.3, 0.4) is 0 Å². The molecule has 0 aromatic heterocycles. The van der Waals surface area contributed by atoms with Crippen LogP contribution < -0.4 is 15.0 Å². The van der Waals surface area contributed by atoms with E-state index in [4.69, 9.17) is 4.74 Å². The van der Waals surface area contributed by atoms with E-state index in [0.717, 1.165) is 16.8 Å². The monoisotopic (exact) mass is 485 g/mol. The maximum absolute atomic E-state index is 12.9. The molecule has 2 aromatic carbocycles. The van der Waals surface area contributed by atoms with Crippen LogP contribution in [0, 0.1) is 19.8 Å². The zero-order valence-electron chi connectivity index (χ0n) is 19.8. The van der Waals surface area contributed by atoms with Gasteiger partial charge in [-0.3, -0.25) is 9.59 Å². The van der Waals surface area contributed by atoms with Gasteiger partial charge in [0.15, 0.2) is 0 Å². The van der Waals surface area contributed by atoms with Gasteiger partial charge in [-0.25, -0.2) is 8.42 Å². The molecule has 0 saturated carbocycles. The van der Waals surface area contributed by atoms with E-state index in [1.54, 1.807) is 29.2 Å². The van der Waals surface area contributed by atoms with Crippen LogP contribution in [-0.4, -0.2) is 57.3 Å². The number of ether oxygens (including phenoxy) is 1. The number of hydrogen-bond donors (Lipinski definition) is 1. The molecule has 2 aliphatic heterocycles. The molecule has 1 unspecified atom stereocenters. The van der Waals surface area contributed by atoms with Gasteiger partial charge in [-0.05, 0) is 68.1 Å². The summed E-state index contributed by atoms with van der Waals surface area (Å²) in [4.78, 5) is 27.5. The fourth-order valence-corrected chi connectivity index (χ4v) is 6.07. The number of carbonyl (C=O) groups excluding carboxylic acids is 2. The van der Waals surface area contributed by atoms with Crippen LogP contribution in [0.4, 0.5) is 5.69 Å². The maximum Gasteiger partial charge on any atom is 0.243 e. The molecule has 4 rings (SSSR count). The second kappa shape index (κ2) is 9.76. The number of methoxy groups -OCH3 is 1. The molecular formula is C25H31N3O5S. The molecule has 0 spiro atoms. The number of amides is 2. The Kier molecular flexibility index (Phi) is 6.95. The van der Waals surface area contributed by atoms with Gasteiger partial charge in [0, 0.05) is 37.8 Å². The van der Waals surface area contributed by atoms with E-state index < -0.39 is 15.9 Å². The van der Waals surface area contributed by atoms with Crippen molar-refractivity contribution >= 4 is 27.5 Å². The maximum atomic E-state index is 12.9. The lowest BCUT2D eigenvalue weighted by molar-refractivity contribution is -0.127. The fraction of sp³-hybridized carbons (Fsp3) is 0.440. The predicted molar refractivity (Wildman–Crippen MR) is 129 cm³/mol. The molecule has 2 saturated heterocycles. The van der Waals surface area contributed by atoms with Gasteiger partial charge in [0.05, 0.1) is 17.9 Å². The summed E-state index contributed by atoms with van der Waals surface area (Å²) in [5.74, 6) is 0.00207. The first kappa shape index (κ1) is 24.2. The van der Waals surface area contributed by atoms with Gasteiger partial charge in [0.1, 0.15) is 5.75 Å². The Hall–Kier alpha value is -2.91. The molecule has 0 aliphatic carbocycles. The molecule has 1 atom stereocenters. The minimum Gasteiger partial charge on any atom is -0.497 e. The van der Waals surface area contributed by atoms with Gasteiger partial charge in [0.25, 0.3) is 0 Å². The highest BCUT2D eigenvalue weighted by Crippen LogP contribution is 2.30. The minimum atomic E-state index is -3.59. The lowest BCUT2D eigenvalue weighted by Gasteiger charge is -2.32. The van der Waals surface area contributed by atoms with Crippen LogP contribution >= 0.6 is 0 Å². The van der Waals surface area contributed by atoms with Crippen molar-refractivity contribution in [3.8, 4) is 5.75 Å². The third-order valence-electron chi connectivity index (χ3n) is 6.86. The molecule has 0 radical (unpaired) electrons. The first-order chi connectivity index (χ1) is 16.2. The van der Waals surface area contributed by atoms with Crippen molar-refractivity contribution in [2.24, 2.45) is 5.92 Å². The Morgan fingerprint density at radius 1 is 1.06 bits per heavy atom. The molecule has 1 N–H and O–H groups in total. The predicted octanol–water partition coefficient (Wildman–Crippen LogP) is 2.63. The first-order valence-electron chi connectivity index (χ1n) is 11.5.